The molecule has 0 saturated carbocycles. The van der Waals surface area contributed by atoms with Crippen LogP contribution in [0.1, 0.15) is 43.7 Å². The van der Waals surface area contributed by atoms with Crippen LogP contribution in [0.5, 0.6) is 5.75 Å². The first kappa shape index (κ1) is 29.4. The number of rotatable bonds is 7. The van der Waals surface area contributed by atoms with Gasteiger partial charge >= 0.3 is 6.09 Å². The quantitative estimate of drug-likeness (QED) is 0.257. The Morgan fingerprint density at radius 3 is 2.31 bits per heavy atom. The topological polar surface area (TPSA) is 103 Å². The van der Waals surface area contributed by atoms with Gasteiger partial charge in [0.05, 0.1) is 28.7 Å². The molecular weight excluding hydrogens is 554 g/mol. The number of hydrogen-bond donors (Lipinski definition) is 1. The summed E-state index contributed by atoms with van der Waals surface area (Å²) in [6.07, 6.45) is -0.0601. The van der Waals surface area contributed by atoms with Crippen LogP contribution in [-0.4, -0.2) is 59.9 Å². The fraction of sp³-hybridized carbons (Fsp3) is 0.281. The molecule has 1 N–H and O–H groups in total. The summed E-state index contributed by atoms with van der Waals surface area (Å²) in [6, 6.07) is 20.1. The normalized spacial score (nSPS) is 13.1. The molecule has 5 aromatic rings. The third kappa shape index (κ3) is 5.53. The lowest BCUT2D eigenvalue weighted by atomic mass is 10.0. The van der Waals surface area contributed by atoms with E-state index in [1.54, 1.807) is 74.0 Å². The number of nitrogens with zero attached hydrogens (tertiary/aromatic N) is 3. The smallest absolute Gasteiger partial charge is 0.419 e. The highest BCUT2D eigenvalue weighted by Crippen LogP contribution is 2.35. The van der Waals surface area contributed by atoms with E-state index in [4.69, 9.17) is 9.47 Å². The van der Waals surface area contributed by atoms with Gasteiger partial charge in [-0.15, -0.1) is 0 Å². The summed E-state index contributed by atoms with van der Waals surface area (Å²) in [5.41, 5.74) is 1.88. The predicted molar refractivity (Wildman–Crippen MR) is 163 cm³/mol. The molecule has 0 radical (unpaired) electrons. The maximum absolute atomic E-state index is 14.0. The van der Waals surface area contributed by atoms with E-state index < -0.39 is 27.8 Å². The van der Waals surface area contributed by atoms with Crippen LogP contribution in [-0.2, 0) is 21.3 Å². The van der Waals surface area contributed by atoms with Crippen molar-refractivity contribution in [1.82, 2.24) is 13.4 Å². The van der Waals surface area contributed by atoms with Crippen molar-refractivity contribution in [2.24, 2.45) is 0 Å². The van der Waals surface area contributed by atoms with Crippen LogP contribution >= 0.6 is 0 Å². The highest BCUT2D eigenvalue weighted by atomic mass is 32.2. The van der Waals surface area contributed by atoms with Gasteiger partial charge in [0, 0.05) is 23.5 Å². The Morgan fingerprint density at radius 2 is 1.67 bits per heavy atom. The SMILES string of the molecule is COc1ccc2c(c1)cc(C(O)c1ccc3c(c1)c(CN(C)C)cn3C(=O)OC(C)(C)C)n2S(=O)(=O)c1ccccc1. The van der Waals surface area contributed by atoms with E-state index in [1.165, 1.54) is 20.7 Å². The van der Waals surface area contributed by atoms with Crippen LogP contribution in [0, 0.1) is 0 Å². The van der Waals surface area contributed by atoms with Gasteiger partial charge in [0.2, 0.25) is 0 Å². The zero-order valence-electron chi connectivity index (χ0n) is 24.5. The van der Waals surface area contributed by atoms with Gasteiger partial charge in [0.15, 0.2) is 0 Å². The molecule has 2 heterocycles. The van der Waals surface area contributed by atoms with Gasteiger partial charge in [-0.1, -0.05) is 24.3 Å². The molecule has 0 bridgehead atoms. The number of aliphatic hydroxyl groups excluding tert-OH is 1. The molecule has 1 unspecified atom stereocenters. The Balaban J connectivity index is 1.69. The summed E-state index contributed by atoms with van der Waals surface area (Å²) < 4.78 is 41.6. The number of ether oxygens (including phenoxy) is 2. The first-order chi connectivity index (χ1) is 19.8. The molecule has 10 heteroatoms. The summed E-state index contributed by atoms with van der Waals surface area (Å²) >= 11 is 0. The Bertz CT molecular complexity index is 1880. The van der Waals surface area contributed by atoms with Crippen LogP contribution in [0.2, 0.25) is 0 Å². The molecule has 0 aliphatic carbocycles. The third-order valence-corrected chi connectivity index (χ3v) is 8.61. The minimum absolute atomic E-state index is 0.102. The molecule has 0 saturated heterocycles. The highest BCUT2D eigenvalue weighted by Gasteiger charge is 2.28. The Morgan fingerprint density at radius 1 is 0.976 bits per heavy atom. The zero-order chi connectivity index (χ0) is 30.4. The standard InChI is InChI=1S/C32H35N3O6S/c1-32(2,3)41-31(37)34-20-23(19-33(4)5)26-17-21(12-14-28(26)34)30(36)29-18-22-16-24(40-6)13-15-27(22)35(29)42(38,39)25-10-8-7-9-11-25/h7-18,20,30,36H,19H2,1-6H3. The zero-order valence-corrected chi connectivity index (χ0v) is 25.3. The lowest BCUT2D eigenvalue weighted by Crippen LogP contribution is -2.26. The number of benzene rings is 3. The van der Waals surface area contributed by atoms with Gasteiger partial charge in [-0.2, -0.15) is 0 Å². The van der Waals surface area contributed by atoms with Crippen molar-refractivity contribution in [1.29, 1.82) is 0 Å². The van der Waals surface area contributed by atoms with Gasteiger partial charge in [0.1, 0.15) is 17.5 Å². The Hall–Kier alpha value is -4.12. The van der Waals surface area contributed by atoms with Crippen molar-refractivity contribution < 1.29 is 27.8 Å². The summed E-state index contributed by atoms with van der Waals surface area (Å²) in [5.74, 6) is 0.566. The fourth-order valence-electron chi connectivity index (χ4n) is 5.06. The average Bonchev–Trinajstić information content (AvgIpc) is 3.50. The largest absolute Gasteiger partial charge is 0.497 e. The van der Waals surface area contributed by atoms with Gasteiger partial charge in [-0.3, -0.25) is 4.57 Å². The van der Waals surface area contributed by atoms with Crippen LogP contribution in [0.25, 0.3) is 21.8 Å². The first-order valence-electron chi connectivity index (χ1n) is 13.5. The molecule has 42 heavy (non-hydrogen) atoms. The second-order valence-corrected chi connectivity index (χ2v) is 13.3. The second kappa shape index (κ2) is 10.9. The number of fused-ring (bicyclic) bond motifs is 2. The van der Waals surface area contributed by atoms with E-state index in [-0.39, 0.29) is 10.6 Å². The average molecular weight is 590 g/mol. The predicted octanol–water partition coefficient (Wildman–Crippen LogP) is 5.77. The van der Waals surface area contributed by atoms with Crippen molar-refractivity contribution in [2.75, 3.05) is 21.2 Å². The third-order valence-electron chi connectivity index (χ3n) is 6.86. The monoisotopic (exact) mass is 589 g/mol. The molecular formula is C32H35N3O6S. The molecule has 0 spiro atoms. The molecule has 9 nitrogen and oxygen atoms in total. The molecule has 3 aromatic carbocycles. The maximum atomic E-state index is 14.0. The molecule has 220 valence electrons. The van der Waals surface area contributed by atoms with Crippen molar-refractivity contribution in [3.05, 3.63) is 95.8 Å². The van der Waals surface area contributed by atoms with Crippen molar-refractivity contribution >= 4 is 37.9 Å². The van der Waals surface area contributed by atoms with Crippen LogP contribution in [0.3, 0.4) is 0 Å². The summed E-state index contributed by atoms with van der Waals surface area (Å²) in [7, 11) is 1.32. The number of aromatic nitrogens is 2. The summed E-state index contributed by atoms with van der Waals surface area (Å²) in [4.78, 5) is 15.1. The van der Waals surface area contributed by atoms with E-state index in [0.717, 1.165) is 10.9 Å². The molecule has 0 amide bonds. The molecule has 1 atom stereocenters. The number of carbonyl (C=O) groups excluding carboxylic acids is 1. The van der Waals surface area contributed by atoms with Crippen LogP contribution < -0.4 is 4.74 Å². The van der Waals surface area contributed by atoms with Crippen molar-refractivity contribution in [2.45, 2.75) is 43.9 Å². The minimum Gasteiger partial charge on any atom is -0.497 e. The van der Waals surface area contributed by atoms with Crippen LogP contribution in [0.15, 0.2) is 83.9 Å². The number of hydrogen-bond acceptors (Lipinski definition) is 7. The van der Waals surface area contributed by atoms with Crippen molar-refractivity contribution in [3.63, 3.8) is 0 Å². The lowest BCUT2D eigenvalue weighted by molar-refractivity contribution is 0.0544. The fourth-order valence-corrected chi connectivity index (χ4v) is 6.63. The number of carbonyl (C=O) groups is 1. The molecule has 0 aliphatic heterocycles. The molecule has 5 rings (SSSR count). The van der Waals surface area contributed by atoms with E-state index in [0.29, 0.717) is 34.3 Å². The lowest BCUT2D eigenvalue weighted by Gasteiger charge is -2.20. The molecule has 0 aliphatic rings. The van der Waals surface area contributed by atoms with Crippen LogP contribution in [0.4, 0.5) is 4.79 Å². The first-order valence-corrected chi connectivity index (χ1v) is 14.9. The van der Waals surface area contributed by atoms with E-state index in [9.17, 15) is 18.3 Å². The maximum Gasteiger partial charge on any atom is 0.419 e. The highest BCUT2D eigenvalue weighted by molar-refractivity contribution is 7.90. The summed E-state index contributed by atoms with van der Waals surface area (Å²) in [6.45, 7) is 5.96. The minimum atomic E-state index is -4.07. The number of aliphatic hydroxyl groups is 1. The van der Waals surface area contributed by atoms with E-state index >= 15 is 0 Å². The second-order valence-electron chi connectivity index (χ2n) is 11.5. The summed E-state index contributed by atoms with van der Waals surface area (Å²) in [5, 5.41) is 13.1. The van der Waals surface area contributed by atoms with Crippen molar-refractivity contribution in [3.8, 4) is 5.75 Å². The van der Waals surface area contributed by atoms with Gasteiger partial charge in [0.25, 0.3) is 10.0 Å². The number of methoxy groups -OCH3 is 1. The Labute approximate surface area is 245 Å². The van der Waals surface area contributed by atoms with E-state index in [2.05, 4.69) is 0 Å². The van der Waals surface area contributed by atoms with Gasteiger partial charge in [-0.05, 0) is 94.5 Å². The molecule has 2 aromatic heterocycles. The molecule has 0 fully saturated rings. The van der Waals surface area contributed by atoms with Gasteiger partial charge in [-0.25, -0.2) is 17.2 Å². The van der Waals surface area contributed by atoms with Gasteiger partial charge < -0.3 is 19.5 Å². The Kier molecular flexibility index (Phi) is 7.65. The van der Waals surface area contributed by atoms with E-state index in [1.807, 2.05) is 39.8 Å².